The van der Waals surface area contributed by atoms with Gasteiger partial charge < -0.3 is 5.73 Å². The van der Waals surface area contributed by atoms with E-state index in [0.29, 0.717) is 27.3 Å². The molecule has 0 amide bonds. The lowest BCUT2D eigenvalue weighted by Crippen LogP contribution is -2.43. The molecule has 0 aliphatic carbocycles. The molecule has 1 nitrogen and oxygen atoms in total. The Labute approximate surface area is 129 Å². The van der Waals surface area contributed by atoms with Crippen LogP contribution in [0, 0.1) is 11.5 Å². The van der Waals surface area contributed by atoms with Crippen molar-refractivity contribution in [2.75, 3.05) is 5.73 Å². The molecule has 1 rings (SSSR count). The molecule has 20 heavy (non-hydrogen) atoms. The molecule has 0 spiro atoms. The minimum atomic E-state index is -1.71. The van der Waals surface area contributed by atoms with E-state index in [1.54, 1.807) is 0 Å². The molecule has 2 N–H and O–H groups in total. The molecule has 1 aromatic carbocycles. The van der Waals surface area contributed by atoms with Crippen LogP contribution in [-0.4, -0.2) is 8.07 Å². The SMILES string of the molecule is CC(C)[Si](C#Cc1cccc(N)c1Cl)(C(C)C)C(C)C. The van der Waals surface area contributed by atoms with Gasteiger partial charge >= 0.3 is 0 Å². The van der Waals surface area contributed by atoms with E-state index in [1.807, 2.05) is 18.2 Å². The maximum absolute atomic E-state index is 6.25. The summed E-state index contributed by atoms with van der Waals surface area (Å²) in [6.45, 7) is 13.8. The molecule has 0 saturated heterocycles. The third-order valence-corrected chi connectivity index (χ3v) is 11.0. The highest BCUT2D eigenvalue weighted by Crippen LogP contribution is 2.40. The summed E-state index contributed by atoms with van der Waals surface area (Å²) in [5, 5.41) is 0.583. The first-order chi connectivity index (χ1) is 9.23. The van der Waals surface area contributed by atoms with E-state index >= 15 is 0 Å². The van der Waals surface area contributed by atoms with Crippen molar-refractivity contribution in [1.29, 1.82) is 0 Å². The molecular formula is C17H26ClNSi. The number of nitrogen functional groups attached to an aromatic ring is 1. The maximum Gasteiger partial charge on any atom is 0.146 e. The van der Waals surface area contributed by atoms with Crippen LogP contribution in [0.1, 0.15) is 47.1 Å². The first-order valence-electron chi connectivity index (χ1n) is 7.30. The number of anilines is 1. The smallest absolute Gasteiger partial charge is 0.146 e. The summed E-state index contributed by atoms with van der Waals surface area (Å²) < 4.78 is 0. The van der Waals surface area contributed by atoms with Gasteiger partial charge in [-0.25, -0.2) is 0 Å². The number of hydrogen-bond donors (Lipinski definition) is 1. The lowest BCUT2D eigenvalue weighted by Gasteiger charge is -2.38. The second kappa shape index (κ2) is 6.69. The largest absolute Gasteiger partial charge is 0.397 e. The number of nitrogens with two attached hydrogens (primary N) is 1. The Morgan fingerprint density at radius 2 is 1.50 bits per heavy atom. The van der Waals surface area contributed by atoms with Crippen LogP contribution in [0.15, 0.2) is 18.2 Å². The van der Waals surface area contributed by atoms with Gasteiger partial charge in [0.1, 0.15) is 8.07 Å². The minimum absolute atomic E-state index is 0.583. The van der Waals surface area contributed by atoms with Crippen molar-refractivity contribution in [3.8, 4) is 11.5 Å². The number of benzene rings is 1. The van der Waals surface area contributed by atoms with Gasteiger partial charge in [-0.05, 0) is 28.8 Å². The number of hydrogen-bond acceptors (Lipinski definition) is 1. The molecule has 0 aromatic heterocycles. The molecule has 0 saturated carbocycles. The van der Waals surface area contributed by atoms with E-state index < -0.39 is 8.07 Å². The highest BCUT2D eigenvalue weighted by molar-refractivity contribution is 6.90. The van der Waals surface area contributed by atoms with Crippen molar-refractivity contribution >= 4 is 25.4 Å². The normalized spacial score (nSPS) is 11.9. The minimum Gasteiger partial charge on any atom is -0.397 e. The molecule has 110 valence electrons. The zero-order valence-corrected chi connectivity index (χ0v) is 15.2. The predicted octanol–water partition coefficient (Wildman–Crippen LogP) is 5.49. The summed E-state index contributed by atoms with van der Waals surface area (Å²) in [6.07, 6.45) is 0. The van der Waals surface area contributed by atoms with Gasteiger partial charge in [0.25, 0.3) is 0 Å². The number of halogens is 1. The van der Waals surface area contributed by atoms with Crippen LogP contribution in [-0.2, 0) is 0 Å². The van der Waals surface area contributed by atoms with E-state index in [-0.39, 0.29) is 0 Å². The summed E-state index contributed by atoms with van der Waals surface area (Å²) in [4.78, 5) is 0. The second-order valence-electron chi connectivity index (χ2n) is 6.36. The van der Waals surface area contributed by atoms with Crippen LogP contribution >= 0.6 is 11.6 Å². The van der Waals surface area contributed by atoms with Crippen molar-refractivity contribution in [2.24, 2.45) is 0 Å². The van der Waals surface area contributed by atoms with Gasteiger partial charge in [0, 0.05) is 5.56 Å². The van der Waals surface area contributed by atoms with Crippen molar-refractivity contribution in [1.82, 2.24) is 0 Å². The molecule has 0 aliphatic heterocycles. The summed E-state index contributed by atoms with van der Waals surface area (Å²) in [5.41, 5.74) is 12.8. The van der Waals surface area contributed by atoms with Crippen molar-refractivity contribution in [2.45, 2.75) is 58.2 Å². The van der Waals surface area contributed by atoms with Crippen molar-refractivity contribution in [3.05, 3.63) is 28.8 Å². The van der Waals surface area contributed by atoms with Crippen LogP contribution < -0.4 is 5.73 Å². The van der Waals surface area contributed by atoms with Gasteiger partial charge in [-0.1, -0.05) is 65.1 Å². The zero-order chi connectivity index (χ0) is 15.5. The lowest BCUT2D eigenvalue weighted by molar-refractivity contribution is 0.838. The maximum atomic E-state index is 6.25. The molecule has 0 bridgehead atoms. The Morgan fingerprint density at radius 1 is 1.00 bits per heavy atom. The van der Waals surface area contributed by atoms with Gasteiger partial charge in [0.15, 0.2) is 0 Å². The van der Waals surface area contributed by atoms with E-state index in [2.05, 4.69) is 53.0 Å². The van der Waals surface area contributed by atoms with E-state index in [4.69, 9.17) is 17.3 Å². The average molecular weight is 308 g/mol. The topological polar surface area (TPSA) is 26.0 Å². The second-order valence-corrected chi connectivity index (χ2v) is 12.3. The monoisotopic (exact) mass is 307 g/mol. The van der Waals surface area contributed by atoms with Gasteiger partial charge in [0.2, 0.25) is 0 Å². The third-order valence-electron chi connectivity index (χ3n) is 4.31. The Bertz CT molecular complexity index is 502. The van der Waals surface area contributed by atoms with Crippen LogP contribution in [0.5, 0.6) is 0 Å². The number of rotatable bonds is 3. The lowest BCUT2D eigenvalue weighted by atomic mass is 10.2. The van der Waals surface area contributed by atoms with E-state index in [9.17, 15) is 0 Å². The quantitative estimate of drug-likeness (QED) is 0.446. The summed E-state index contributed by atoms with van der Waals surface area (Å²) in [6, 6.07) is 5.67. The van der Waals surface area contributed by atoms with Gasteiger partial charge in [-0.15, -0.1) is 5.54 Å². The molecule has 0 aliphatic rings. The first-order valence-corrected chi connectivity index (χ1v) is 9.91. The highest BCUT2D eigenvalue weighted by atomic mass is 35.5. The Morgan fingerprint density at radius 3 is 1.95 bits per heavy atom. The third kappa shape index (κ3) is 3.21. The zero-order valence-electron chi connectivity index (χ0n) is 13.4. The Balaban J connectivity index is 3.35. The summed E-state index contributed by atoms with van der Waals surface area (Å²) >= 11 is 6.25. The fourth-order valence-electron chi connectivity index (χ4n) is 3.25. The van der Waals surface area contributed by atoms with Crippen molar-refractivity contribution < 1.29 is 0 Å². The molecule has 0 atom stereocenters. The molecule has 3 heteroatoms. The highest BCUT2D eigenvalue weighted by Gasteiger charge is 2.41. The van der Waals surface area contributed by atoms with Crippen LogP contribution in [0.2, 0.25) is 21.6 Å². The standard InChI is InChI=1S/C17H26ClNSi/c1-12(2)20(13(3)4,14(5)6)11-10-15-8-7-9-16(19)17(15)18/h7-9,12-14H,19H2,1-6H3. The molecule has 0 fully saturated rings. The first kappa shape index (κ1) is 17.1. The van der Waals surface area contributed by atoms with Crippen LogP contribution in [0.25, 0.3) is 0 Å². The predicted molar refractivity (Wildman–Crippen MR) is 93.8 cm³/mol. The summed E-state index contributed by atoms with van der Waals surface area (Å²) in [7, 11) is -1.71. The van der Waals surface area contributed by atoms with Gasteiger partial charge in [-0.2, -0.15) is 0 Å². The molecular weight excluding hydrogens is 282 g/mol. The molecule has 0 heterocycles. The Kier molecular flexibility index (Phi) is 5.74. The van der Waals surface area contributed by atoms with Gasteiger partial charge in [0.05, 0.1) is 10.7 Å². The van der Waals surface area contributed by atoms with E-state index in [1.165, 1.54) is 0 Å². The van der Waals surface area contributed by atoms with Crippen LogP contribution in [0.4, 0.5) is 5.69 Å². The fourth-order valence-corrected chi connectivity index (χ4v) is 8.65. The summed E-state index contributed by atoms with van der Waals surface area (Å²) in [5.74, 6) is 3.34. The molecule has 1 aromatic rings. The molecule has 0 radical (unpaired) electrons. The van der Waals surface area contributed by atoms with Gasteiger partial charge in [-0.3, -0.25) is 0 Å². The van der Waals surface area contributed by atoms with E-state index in [0.717, 1.165) is 5.56 Å². The molecule has 0 unspecified atom stereocenters. The average Bonchev–Trinajstić information content (AvgIpc) is 2.33. The fraction of sp³-hybridized carbons (Fsp3) is 0.529. The van der Waals surface area contributed by atoms with Crippen molar-refractivity contribution in [3.63, 3.8) is 0 Å². The Hall–Kier alpha value is -0.913. The van der Waals surface area contributed by atoms with Crippen LogP contribution in [0.3, 0.4) is 0 Å².